The lowest BCUT2D eigenvalue weighted by Crippen LogP contribution is -2.18. The third-order valence-corrected chi connectivity index (χ3v) is 4.69. The van der Waals surface area contributed by atoms with Crippen LogP contribution in [0.3, 0.4) is 0 Å². The summed E-state index contributed by atoms with van der Waals surface area (Å²) in [4.78, 5) is 0. The van der Waals surface area contributed by atoms with Gasteiger partial charge in [0.15, 0.2) is 0 Å². The lowest BCUT2D eigenvalue weighted by atomic mass is 9.95. The van der Waals surface area contributed by atoms with Crippen molar-refractivity contribution in [2.75, 3.05) is 7.05 Å². The zero-order chi connectivity index (χ0) is 14.1. The SMILES string of the molecule is CNC(c1ccc2c(c1)CCC2)c1c(Cl)cccc1Cl. The van der Waals surface area contributed by atoms with Gasteiger partial charge in [0.25, 0.3) is 0 Å². The minimum atomic E-state index is 0.0297. The Labute approximate surface area is 129 Å². The minimum Gasteiger partial charge on any atom is -0.309 e. The Kier molecular flexibility index (Phi) is 4.02. The molecule has 0 aromatic heterocycles. The number of aryl methyl sites for hydroxylation is 2. The second-order valence-corrected chi connectivity index (χ2v) is 6.05. The van der Waals surface area contributed by atoms with Crippen LogP contribution in [0.15, 0.2) is 36.4 Å². The predicted molar refractivity (Wildman–Crippen MR) is 85.8 cm³/mol. The Morgan fingerprint density at radius 1 is 1.00 bits per heavy atom. The summed E-state index contributed by atoms with van der Waals surface area (Å²) in [6.45, 7) is 0. The maximum absolute atomic E-state index is 6.35. The summed E-state index contributed by atoms with van der Waals surface area (Å²) in [6.07, 6.45) is 3.64. The summed E-state index contributed by atoms with van der Waals surface area (Å²) >= 11 is 12.7. The molecule has 2 aromatic rings. The summed E-state index contributed by atoms with van der Waals surface area (Å²) in [5.41, 5.74) is 5.12. The van der Waals surface area contributed by atoms with E-state index in [4.69, 9.17) is 23.2 Å². The fourth-order valence-electron chi connectivity index (χ4n) is 3.04. The quantitative estimate of drug-likeness (QED) is 0.859. The molecule has 1 aliphatic rings. The zero-order valence-electron chi connectivity index (χ0n) is 11.4. The first-order valence-corrected chi connectivity index (χ1v) is 7.69. The number of hydrogen-bond acceptors (Lipinski definition) is 1. The van der Waals surface area contributed by atoms with Crippen molar-refractivity contribution in [2.45, 2.75) is 25.3 Å². The normalized spacial score (nSPS) is 15.2. The van der Waals surface area contributed by atoms with Crippen molar-refractivity contribution < 1.29 is 0 Å². The number of fused-ring (bicyclic) bond motifs is 1. The molecule has 1 nitrogen and oxygen atoms in total. The number of halogens is 2. The van der Waals surface area contributed by atoms with E-state index >= 15 is 0 Å². The molecule has 0 heterocycles. The van der Waals surface area contributed by atoms with Crippen LogP contribution in [-0.2, 0) is 12.8 Å². The first kappa shape index (κ1) is 13.9. The third kappa shape index (κ3) is 2.46. The highest BCUT2D eigenvalue weighted by molar-refractivity contribution is 6.36. The second kappa shape index (κ2) is 5.77. The molecule has 3 heteroatoms. The molecule has 0 radical (unpaired) electrons. The van der Waals surface area contributed by atoms with E-state index in [1.165, 1.54) is 36.0 Å². The largest absolute Gasteiger partial charge is 0.309 e. The molecule has 3 rings (SSSR count). The van der Waals surface area contributed by atoms with E-state index in [0.29, 0.717) is 10.0 Å². The van der Waals surface area contributed by atoms with Crippen LogP contribution in [-0.4, -0.2) is 7.05 Å². The number of nitrogens with one attached hydrogen (secondary N) is 1. The van der Waals surface area contributed by atoms with Gasteiger partial charge >= 0.3 is 0 Å². The molecule has 0 aliphatic heterocycles. The van der Waals surface area contributed by atoms with E-state index in [2.05, 4.69) is 23.5 Å². The molecule has 1 N–H and O–H groups in total. The van der Waals surface area contributed by atoms with Crippen LogP contribution in [0.25, 0.3) is 0 Å². The molecule has 0 saturated heterocycles. The monoisotopic (exact) mass is 305 g/mol. The Bertz CT molecular complexity index is 617. The van der Waals surface area contributed by atoms with Gasteiger partial charge in [-0.05, 0) is 55.1 Å². The Morgan fingerprint density at radius 3 is 2.40 bits per heavy atom. The lowest BCUT2D eigenvalue weighted by molar-refractivity contribution is 0.691. The molecule has 1 unspecified atom stereocenters. The second-order valence-electron chi connectivity index (χ2n) is 5.24. The van der Waals surface area contributed by atoms with Crippen molar-refractivity contribution in [3.8, 4) is 0 Å². The van der Waals surface area contributed by atoms with E-state index in [-0.39, 0.29) is 6.04 Å². The molecule has 0 amide bonds. The van der Waals surface area contributed by atoms with Gasteiger partial charge in [0.1, 0.15) is 0 Å². The number of benzene rings is 2. The van der Waals surface area contributed by atoms with Crippen LogP contribution < -0.4 is 5.32 Å². The average Bonchev–Trinajstić information content (AvgIpc) is 2.90. The molecule has 0 saturated carbocycles. The van der Waals surface area contributed by atoms with E-state index in [9.17, 15) is 0 Å². The standard InChI is InChI=1S/C17H17Cl2N/c1-20-17(16-14(18)6-3-7-15(16)19)13-9-8-11-4-2-5-12(11)10-13/h3,6-10,17,20H,2,4-5H2,1H3. The van der Waals surface area contributed by atoms with E-state index in [1.807, 2.05) is 25.2 Å². The van der Waals surface area contributed by atoms with Crippen molar-refractivity contribution in [3.05, 3.63) is 68.7 Å². The molecule has 20 heavy (non-hydrogen) atoms. The summed E-state index contributed by atoms with van der Waals surface area (Å²) in [5.74, 6) is 0. The zero-order valence-corrected chi connectivity index (χ0v) is 12.9. The van der Waals surface area contributed by atoms with Crippen molar-refractivity contribution >= 4 is 23.2 Å². The highest BCUT2D eigenvalue weighted by atomic mass is 35.5. The van der Waals surface area contributed by atoms with Crippen LogP contribution in [0.4, 0.5) is 0 Å². The van der Waals surface area contributed by atoms with Crippen molar-refractivity contribution in [2.24, 2.45) is 0 Å². The van der Waals surface area contributed by atoms with Crippen molar-refractivity contribution in [1.29, 1.82) is 0 Å². The molecule has 0 fully saturated rings. The first-order valence-electron chi connectivity index (χ1n) is 6.93. The summed E-state index contributed by atoms with van der Waals surface area (Å²) in [5, 5.41) is 4.75. The van der Waals surface area contributed by atoms with Gasteiger partial charge in [-0.3, -0.25) is 0 Å². The van der Waals surface area contributed by atoms with E-state index in [0.717, 1.165) is 5.56 Å². The van der Waals surface area contributed by atoms with Gasteiger partial charge in [0, 0.05) is 15.6 Å². The molecular formula is C17H17Cl2N. The molecule has 0 spiro atoms. The third-order valence-electron chi connectivity index (χ3n) is 4.03. The van der Waals surface area contributed by atoms with Crippen LogP contribution in [0, 0.1) is 0 Å². The fraction of sp³-hybridized carbons (Fsp3) is 0.294. The van der Waals surface area contributed by atoms with Crippen molar-refractivity contribution in [1.82, 2.24) is 5.32 Å². The average molecular weight is 306 g/mol. The van der Waals surface area contributed by atoms with Crippen LogP contribution in [0.1, 0.15) is 34.7 Å². The predicted octanol–water partition coefficient (Wildman–Crippen LogP) is 4.79. The van der Waals surface area contributed by atoms with E-state index in [1.54, 1.807) is 0 Å². The number of rotatable bonds is 3. The van der Waals surface area contributed by atoms with Gasteiger partial charge in [-0.1, -0.05) is 47.5 Å². The van der Waals surface area contributed by atoms with Gasteiger partial charge in [-0.15, -0.1) is 0 Å². The van der Waals surface area contributed by atoms with Crippen LogP contribution in [0.5, 0.6) is 0 Å². The van der Waals surface area contributed by atoms with Crippen molar-refractivity contribution in [3.63, 3.8) is 0 Å². The molecule has 1 atom stereocenters. The van der Waals surface area contributed by atoms with Gasteiger partial charge < -0.3 is 5.32 Å². The highest BCUT2D eigenvalue weighted by Gasteiger charge is 2.20. The molecule has 0 bridgehead atoms. The first-order chi connectivity index (χ1) is 9.70. The molecule has 104 valence electrons. The molecule has 2 aromatic carbocycles. The van der Waals surface area contributed by atoms with Gasteiger partial charge in [-0.2, -0.15) is 0 Å². The Hall–Kier alpha value is -1.02. The molecular weight excluding hydrogens is 289 g/mol. The lowest BCUT2D eigenvalue weighted by Gasteiger charge is -2.20. The Balaban J connectivity index is 2.06. The topological polar surface area (TPSA) is 12.0 Å². The summed E-state index contributed by atoms with van der Waals surface area (Å²) in [6, 6.07) is 12.4. The van der Waals surface area contributed by atoms with Crippen LogP contribution in [0.2, 0.25) is 10.0 Å². The Morgan fingerprint density at radius 2 is 1.70 bits per heavy atom. The molecule has 1 aliphatic carbocycles. The summed E-state index contributed by atoms with van der Waals surface area (Å²) in [7, 11) is 1.94. The van der Waals surface area contributed by atoms with Gasteiger partial charge in [-0.25, -0.2) is 0 Å². The smallest absolute Gasteiger partial charge is 0.0604 e. The van der Waals surface area contributed by atoms with E-state index < -0.39 is 0 Å². The maximum atomic E-state index is 6.35. The number of hydrogen-bond donors (Lipinski definition) is 1. The fourth-order valence-corrected chi connectivity index (χ4v) is 3.65. The van der Waals surface area contributed by atoms with Gasteiger partial charge in [0.05, 0.1) is 6.04 Å². The highest BCUT2D eigenvalue weighted by Crippen LogP contribution is 2.35. The van der Waals surface area contributed by atoms with Crippen LogP contribution >= 0.6 is 23.2 Å². The van der Waals surface area contributed by atoms with Gasteiger partial charge in [0.2, 0.25) is 0 Å². The minimum absolute atomic E-state index is 0.0297. The maximum Gasteiger partial charge on any atom is 0.0604 e. The summed E-state index contributed by atoms with van der Waals surface area (Å²) < 4.78 is 0.